The Morgan fingerprint density at radius 3 is 3.07 bits per heavy atom. The summed E-state index contributed by atoms with van der Waals surface area (Å²) >= 11 is 5.99. The summed E-state index contributed by atoms with van der Waals surface area (Å²) in [5.74, 6) is 0.597. The molecule has 0 bridgehead atoms. The molecular weight excluding hydrogens is 206 g/mol. The third kappa shape index (κ3) is 2.96. The molecule has 2 rings (SSSR count). The molecule has 1 aromatic carbocycles. The van der Waals surface area contributed by atoms with Crippen molar-refractivity contribution < 1.29 is 0 Å². The van der Waals surface area contributed by atoms with Crippen molar-refractivity contribution in [1.82, 2.24) is 5.32 Å². The molecule has 2 heteroatoms. The van der Waals surface area contributed by atoms with Crippen LogP contribution in [-0.4, -0.2) is 12.6 Å². The zero-order valence-electron chi connectivity index (χ0n) is 9.17. The van der Waals surface area contributed by atoms with Crippen LogP contribution in [0.3, 0.4) is 0 Å². The molecule has 15 heavy (non-hydrogen) atoms. The predicted octanol–water partition coefficient (Wildman–Crippen LogP) is 3.59. The van der Waals surface area contributed by atoms with Gasteiger partial charge in [-0.15, -0.1) is 0 Å². The standard InChI is InChI=1S/C13H18ClN/c1-10(8-13-6-3-7-15-13)11-4-2-5-12(14)9-11/h2,4-5,9-10,13,15H,3,6-8H2,1H3. The Morgan fingerprint density at radius 2 is 2.40 bits per heavy atom. The molecule has 2 unspecified atom stereocenters. The maximum atomic E-state index is 5.99. The van der Waals surface area contributed by atoms with Crippen LogP contribution in [0.1, 0.15) is 37.7 Å². The van der Waals surface area contributed by atoms with E-state index in [-0.39, 0.29) is 0 Å². The van der Waals surface area contributed by atoms with Crippen LogP contribution in [0.5, 0.6) is 0 Å². The van der Waals surface area contributed by atoms with Gasteiger partial charge in [0.05, 0.1) is 0 Å². The zero-order chi connectivity index (χ0) is 10.7. The largest absolute Gasteiger partial charge is 0.314 e. The van der Waals surface area contributed by atoms with Crippen LogP contribution >= 0.6 is 11.6 Å². The molecule has 0 saturated carbocycles. The lowest BCUT2D eigenvalue weighted by molar-refractivity contribution is 0.510. The number of halogens is 1. The second-order valence-corrected chi connectivity index (χ2v) is 4.92. The SMILES string of the molecule is CC(CC1CCCN1)c1cccc(Cl)c1. The maximum absolute atomic E-state index is 5.99. The molecule has 82 valence electrons. The Bertz CT molecular complexity index is 318. The topological polar surface area (TPSA) is 12.0 Å². The molecular formula is C13H18ClN. The van der Waals surface area contributed by atoms with Crippen LogP contribution in [0.4, 0.5) is 0 Å². The van der Waals surface area contributed by atoms with E-state index in [1.165, 1.54) is 31.4 Å². The van der Waals surface area contributed by atoms with Crippen molar-refractivity contribution in [1.29, 1.82) is 0 Å². The van der Waals surface area contributed by atoms with E-state index >= 15 is 0 Å². The van der Waals surface area contributed by atoms with Gasteiger partial charge in [0.15, 0.2) is 0 Å². The average Bonchev–Trinajstić information content (AvgIpc) is 2.70. The van der Waals surface area contributed by atoms with Crippen LogP contribution in [0.15, 0.2) is 24.3 Å². The van der Waals surface area contributed by atoms with Gasteiger partial charge in [0.25, 0.3) is 0 Å². The molecule has 1 aliphatic rings. The lowest BCUT2D eigenvalue weighted by Gasteiger charge is -2.17. The molecule has 0 aliphatic carbocycles. The van der Waals surface area contributed by atoms with Gasteiger partial charge in [-0.3, -0.25) is 0 Å². The van der Waals surface area contributed by atoms with Gasteiger partial charge < -0.3 is 5.32 Å². The summed E-state index contributed by atoms with van der Waals surface area (Å²) in [5, 5.41) is 4.38. The van der Waals surface area contributed by atoms with Crippen LogP contribution in [-0.2, 0) is 0 Å². The van der Waals surface area contributed by atoms with Crippen molar-refractivity contribution >= 4 is 11.6 Å². The van der Waals surface area contributed by atoms with Gasteiger partial charge in [-0.2, -0.15) is 0 Å². The summed E-state index contributed by atoms with van der Waals surface area (Å²) in [5.41, 5.74) is 1.36. The van der Waals surface area contributed by atoms with E-state index in [2.05, 4.69) is 24.4 Å². The van der Waals surface area contributed by atoms with Crippen molar-refractivity contribution in [3.8, 4) is 0 Å². The second kappa shape index (κ2) is 5.00. The first-order chi connectivity index (χ1) is 7.25. The summed E-state index contributed by atoms with van der Waals surface area (Å²) in [6.07, 6.45) is 3.87. The van der Waals surface area contributed by atoms with Gasteiger partial charge in [0, 0.05) is 11.1 Å². The van der Waals surface area contributed by atoms with Crippen LogP contribution in [0.25, 0.3) is 0 Å². The predicted molar refractivity (Wildman–Crippen MR) is 65.5 cm³/mol. The third-order valence-electron chi connectivity index (χ3n) is 3.22. The van der Waals surface area contributed by atoms with E-state index in [0.29, 0.717) is 12.0 Å². The summed E-state index contributed by atoms with van der Waals surface area (Å²) < 4.78 is 0. The molecule has 1 saturated heterocycles. The maximum Gasteiger partial charge on any atom is 0.0408 e. The van der Waals surface area contributed by atoms with Crippen molar-refractivity contribution in [2.45, 2.75) is 38.1 Å². The van der Waals surface area contributed by atoms with Gasteiger partial charge in [-0.05, 0) is 49.4 Å². The smallest absolute Gasteiger partial charge is 0.0408 e. The minimum absolute atomic E-state index is 0.597. The van der Waals surface area contributed by atoms with Gasteiger partial charge in [-0.1, -0.05) is 30.7 Å². The van der Waals surface area contributed by atoms with Crippen LogP contribution < -0.4 is 5.32 Å². The van der Waals surface area contributed by atoms with E-state index in [1.807, 2.05) is 12.1 Å². The van der Waals surface area contributed by atoms with Gasteiger partial charge in [-0.25, -0.2) is 0 Å². The first-order valence-electron chi connectivity index (χ1n) is 5.74. The zero-order valence-corrected chi connectivity index (χ0v) is 9.93. The highest BCUT2D eigenvalue weighted by Gasteiger charge is 2.17. The first kappa shape index (κ1) is 11.0. The Kier molecular flexibility index (Phi) is 3.66. The van der Waals surface area contributed by atoms with E-state index in [1.54, 1.807) is 0 Å². The Labute approximate surface area is 96.8 Å². The molecule has 1 heterocycles. The van der Waals surface area contributed by atoms with E-state index in [9.17, 15) is 0 Å². The monoisotopic (exact) mass is 223 g/mol. The first-order valence-corrected chi connectivity index (χ1v) is 6.12. The van der Waals surface area contributed by atoms with Crippen LogP contribution in [0, 0.1) is 0 Å². The van der Waals surface area contributed by atoms with E-state index < -0.39 is 0 Å². The number of hydrogen-bond donors (Lipinski definition) is 1. The van der Waals surface area contributed by atoms with Gasteiger partial charge in [0.1, 0.15) is 0 Å². The highest BCUT2D eigenvalue weighted by Crippen LogP contribution is 2.25. The Morgan fingerprint density at radius 1 is 1.53 bits per heavy atom. The summed E-state index contributed by atoms with van der Waals surface area (Å²) in [4.78, 5) is 0. The fourth-order valence-electron chi connectivity index (χ4n) is 2.33. The molecule has 1 fully saturated rings. The summed E-state index contributed by atoms with van der Waals surface area (Å²) in [6.45, 7) is 3.47. The number of nitrogens with one attached hydrogen (secondary N) is 1. The summed E-state index contributed by atoms with van der Waals surface area (Å²) in [6, 6.07) is 8.94. The van der Waals surface area contributed by atoms with Crippen molar-refractivity contribution in [3.05, 3.63) is 34.9 Å². The average molecular weight is 224 g/mol. The molecule has 0 aromatic heterocycles. The van der Waals surface area contributed by atoms with Crippen molar-refractivity contribution in [2.75, 3.05) is 6.54 Å². The molecule has 1 aliphatic heterocycles. The van der Waals surface area contributed by atoms with Crippen molar-refractivity contribution in [2.24, 2.45) is 0 Å². The van der Waals surface area contributed by atoms with Gasteiger partial charge in [0.2, 0.25) is 0 Å². The minimum Gasteiger partial charge on any atom is -0.314 e. The Balaban J connectivity index is 1.97. The summed E-state index contributed by atoms with van der Waals surface area (Å²) in [7, 11) is 0. The molecule has 0 radical (unpaired) electrons. The lowest BCUT2D eigenvalue weighted by Crippen LogP contribution is -2.23. The molecule has 2 atom stereocenters. The fourth-order valence-corrected chi connectivity index (χ4v) is 2.53. The molecule has 1 N–H and O–H groups in total. The van der Waals surface area contributed by atoms with Gasteiger partial charge >= 0.3 is 0 Å². The van der Waals surface area contributed by atoms with E-state index in [0.717, 1.165) is 5.02 Å². The lowest BCUT2D eigenvalue weighted by atomic mass is 9.93. The number of hydrogen-bond acceptors (Lipinski definition) is 1. The fraction of sp³-hybridized carbons (Fsp3) is 0.538. The van der Waals surface area contributed by atoms with E-state index in [4.69, 9.17) is 11.6 Å². The third-order valence-corrected chi connectivity index (χ3v) is 3.45. The second-order valence-electron chi connectivity index (χ2n) is 4.49. The normalized spacial score (nSPS) is 22.9. The molecule has 0 spiro atoms. The van der Waals surface area contributed by atoms with Crippen molar-refractivity contribution in [3.63, 3.8) is 0 Å². The quantitative estimate of drug-likeness (QED) is 0.826. The number of benzene rings is 1. The Hall–Kier alpha value is -0.530. The molecule has 0 amide bonds. The highest BCUT2D eigenvalue weighted by molar-refractivity contribution is 6.30. The minimum atomic E-state index is 0.597. The van der Waals surface area contributed by atoms with Crippen LogP contribution in [0.2, 0.25) is 5.02 Å². The number of rotatable bonds is 3. The molecule has 1 aromatic rings. The molecule has 1 nitrogen and oxygen atoms in total. The highest BCUT2D eigenvalue weighted by atomic mass is 35.5.